The van der Waals surface area contributed by atoms with Crippen molar-refractivity contribution in [3.63, 3.8) is 0 Å². The van der Waals surface area contributed by atoms with Crippen molar-refractivity contribution < 1.29 is 28.5 Å². The van der Waals surface area contributed by atoms with Crippen LogP contribution in [0.4, 0.5) is 4.39 Å². The second-order valence-corrected chi connectivity index (χ2v) is 8.81. The number of quaternary nitrogens is 2. The maximum atomic E-state index is 14.6. The highest BCUT2D eigenvalue weighted by Crippen LogP contribution is 2.33. The molecule has 1 atom stereocenters. The first-order valence-electron chi connectivity index (χ1n) is 10.3. The number of esters is 1. The number of piperazine rings is 1. The summed E-state index contributed by atoms with van der Waals surface area (Å²) in [5, 5.41) is 0.595. The molecule has 152 valence electrons. The fourth-order valence-electron chi connectivity index (χ4n) is 4.41. The maximum Gasteiger partial charge on any atom is 0.348 e. The minimum absolute atomic E-state index is 0.249. The van der Waals surface area contributed by atoms with Crippen LogP contribution >= 0.6 is 11.3 Å². The Balaban J connectivity index is 1.48. The van der Waals surface area contributed by atoms with Crippen LogP contribution in [0.15, 0.2) is 18.2 Å². The van der Waals surface area contributed by atoms with E-state index in [4.69, 9.17) is 9.47 Å². The molecule has 0 bridgehead atoms. The molecule has 2 N–H and O–H groups in total. The van der Waals surface area contributed by atoms with Crippen LogP contribution in [0.25, 0.3) is 10.1 Å². The van der Waals surface area contributed by atoms with Crippen LogP contribution in [-0.4, -0.2) is 58.0 Å². The number of carbonyl (C=O) groups is 1. The van der Waals surface area contributed by atoms with Gasteiger partial charge in [-0.05, 0) is 31.9 Å². The van der Waals surface area contributed by atoms with Gasteiger partial charge >= 0.3 is 5.97 Å². The van der Waals surface area contributed by atoms with Crippen molar-refractivity contribution in [3.05, 3.63) is 34.5 Å². The minimum atomic E-state index is -0.333. The third-order valence-corrected chi connectivity index (χ3v) is 7.03. The Bertz CT molecular complexity index is 826. The number of hydrogen-bond acceptors (Lipinski definition) is 4. The summed E-state index contributed by atoms with van der Waals surface area (Å²) in [6.07, 6.45) is 2.79. The molecule has 2 aliphatic rings. The fraction of sp³-hybridized carbons (Fsp3) is 0.571. The highest BCUT2D eigenvalue weighted by Gasteiger charge is 2.30. The van der Waals surface area contributed by atoms with Crippen molar-refractivity contribution in [1.82, 2.24) is 0 Å². The largest absolute Gasteiger partial charge is 0.462 e. The molecule has 3 heterocycles. The summed E-state index contributed by atoms with van der Waals surface area (Å²) in [7, 11) is 0. The lowest BCUT2D eigenvalue weighted by molar-refractivity contribution is -1.02. The number of fused-ring (bicyclic) bond motifs is 1. The Hall–Kier alpha value is -1.54. The van der Waals surface area contributed by atoms with Gasteiger partial charge in [-0.25, -0.2) is 9.18 Å². The van der Waals surface area contributed by atoms with Crippen molar-refractivity contribution in [3.8, 4) is 0 Å². The van der Waals surface area contributed by atoms with Gasteiger partial charge in [-0.15, -0.1) is 11.3 Å². The van der Waals surface area contributed by atoms with E-state index < -0.39 is 0 Å². The minimum Gasteiger partial charge on any atom is -0.462 e. The molecular formula is C21H29FN2O3S+2. The van der Waals surface area contributed by atoms with Crippen molar-refractivity contribution in [1.29, 1.82) is 0 Å². The smallest absolute Gasteiger partial charge is 0.348 e. The van der Waals surface area contributed by atoms with E-state index in [1.165, 1.54) is 35.1 Å². The monoisotopic (exact) mass is 408 g/mol. The summed E-state index contributed by atoms with van der Waals surface area (Å²) in [6.45, 7) is 9.03. The van der Waals surface area contributed by atoms with Crippen LogP contribution in [0, 0.1) is 5.82 Å². The van der Waals surface area contributed by atoms with E-state index in [1.807, 2.05) is 6.07 Å². The lowest BCUT2D eigenvalue weighted by Gasteiger charge is -2.31. The lowest BCUT2D eigenvalue weighted by Crippen LogP contribution is -3.28. The van der Waals surface area contributed by atoms with E-state index in [0.29, 0.717) is 29.5 Å². The topological polar surface area (TPSA) is 44.4 Å². The molecule has 1 aromatic heterocycles. The second kappa shape index (κ2) is 8.86. The molecule has 28 heavy (non-hydrogen) atoms. The molecule has 0 unspecified atom stereocenters. The zero-order chi connectivity index (χ0) is 19.5. The zero-order valence-corrected chi connectivity index (χ0v) is 17.2. The molecule has 0 spiro atoms. The van der Waals surface area contributed by atoms with E-state index in [2.05, 4.69) is 0 Å². The normalized spacial score (nSPS) is 25.3. The Morgan fingerprint density at radius 2 is 2.07 bits per heavy atom. The number of nitrogens with one attached hydrogen (secondary N) is 2. The molecule has 0 aliphatic carbocycles. The number of hydrogen-bond donors (Lipinski definition) is 2. The van der Waals surface area contributed by atoms with Gasteiger partial charge < -0.3 is 19.3 Å². The van der Waals surface area contributed by atoms with Gasteiger partial charge in [0, 0.05) is 22.3 Å². The lowest BCUT2D eigenvalue weighted by atomic mass is 10.1. The molecule has 0 radical (unpaired) electrons. The van der Waals surface area contributed by atoms with Crippen LogP contribution in [0.5, 0.6) is 0 Å². The average Bonchev–Trinajstić information content (AvgIpc) is 3.32. The third-order valence-electron chi connectivity index (χ3n) is 5.86. The zero-order valence-electron chi connectivity index (χ0n) is 16.4. The fourth-order valence-corrected chi connectivity index (χ4v) is 5.54. The second-order valence-electron chi connectivity index (χ2n) is 7.76. The van der Waals surface area contributed by atoms with Crippen molar-refractivity contribution in [2.24, 2.45) is 0 Å². The first-order valence-corrected chi connectivity index (χ1v) is 11.1. The highest BCUT2D eigenvalue weighted by molar-refractivity contribution is 7.21. The van der Waals surface area contributed by atoms with Gasteiger partial charge in [-0.2, -0.15) is 0 Å². The summed E-state index contributed by atoms with van der Waals surface area (Å²) in [4.78, 5) is 16.0. The highest BCUT2D eigenvalue weighted by atomic mass is 32.1. The summed E-state index contributed by atoms with van der Waals surface area (Å²) < 4.78 is 26.4. The first-order chi connectivity index (χ1) is 13.7. The van der Waals surface area contributed by atoms with Crippen LogP contribution in [0.2, 0.25) is 0 Å². The summed E-state index contributed by atoms with van der Waals surface area (Å²) in [5.41, 5.74) is 0.814. The molecule has 2 fully saturated rings. The third kappa shape index (κ3) is 4.22. The summed E-state index contributed by atoms with van der Waals surface area (Å²) >= 11 is 1.35. The number of carbonyl (C=O) groups excluding carboxylic acids is 1. The van der Waals surface area contributed by atoms with Gasteiger partial charge in [0.1, 0.15) is 56.1 Å². The van der Waals surface area contributed by atoms with E-state index in [9.17, 15) is 9.18 Å². The van der Waals surface area contributed by atoms with Crippen LogP contribution in [0.1, 0.15) is 35.0 Å². The Kier molecular flexibility index (Phi) is 6.25. The first kappa shape index (κ1) is 19.8. The predicted octanol–water partition coefficient (Wildman–Crippen LogP) is 0.680. The van der Waals surface area contributed by atoms with Gasteiger partial charge in [0.05, 0.1) is 6.61 Å². The standard InChI is InChI=1S/C21H27FN2O3S/c1-2-26-21(25)20-16(19-17(22)6-3-7-18(19)28-20)14-24-10-8-23(9-11-24)13-15-5-4-12-27-15/h3,6-7,15H,2,4-5,8-14H2,1H3/p+2/t15-/m0/s1. The summed E-state index contributed by atoms with van der Waals surface area (Å²) in [5.74, 6) is -0.582. The number of ether oxygens (including phenoxy) is 2. The molecule has 2 saturated heterocycles. The Morgan fingerprint density at radius 1 is 1.29 bits per heavy atom. The quantitative estimate of drug-likeness (QED) is 0.691. The van der Waals surface area contributed by atoms with Gasteiger partial charge in [-0.1, -0.05) is 6.07 Å². The van der Waals surface area contributed by atoms with E-state index in [-0.39, 0.29) is 11.8 Å². The molecule has 0 saturated carbocycles. The molecule has 4 rings (SSSR count). The molecule has 7 heteroatoms. The van der Waals surface area contributed by atoms with Gasteiger partial charge in [-0.3, -0.25) is 0 Å². The molecule has 1 aromatic carbocycles. The van der Waals surface area contributed by atoms with Crippen molar-refractivity contribution in [2.45, 2.75) is 32.4 Å². The molecule has 2 aliphatic heterocycles. The number of thiophene rings is 1. The van der Waals surface area contributed by atoms with Gasteiger partial charge in [0.25, 0.3) is 0 Å². The SMILES string of the molecule is CCOC(=O)c1sc2cccc(F)c2c1C[NH+]1CC[NH+](C[C@@H]2CCCO2)CC1. The van der Waals surface area contributed by atoms with Crippen molar-refractivity contribution in [2.75, 3.05) is 45.9 Å². The molecule has 5 nitrogen and oxygen atoms in total. The van der Waals surface area contributed by atoms with Gasteiger partial charge in [0.2, 0.25) is 0 Å². The Morgan fingerprint density at radius 3 is 2.79 bits per heavy atom. The molecule has 2 aromatic rings. The number of halogens is 1. The maximum absolute atomic E-state index is 14.6. The van der Waals surface area contributed by atoms with Crippen LogP contribution < -0.4 is 9.80 Å². The number of benzene rings is 1. The van der Waals surface area contributed by atoms with Gasteiger partial charge in [0.15, 0.2) is 0 Å². The van der Waals surface area contributed by atoms with E-state index >= 15 is 0 Å². The van der Waals surface area contributed by atoms with Crippen LogP contribution in [-0.2, 0) is 16.0 Å². The number of rotatable bonds is 6. The van der Waals surface area contributed by atoms with Crippen molar-refractivity contribution >= 4 is 27.4 Å². The van der Waals surface area contributed by atoms with E-state index in [0.717, 1.165) is 49.6 Å². The Labute approximate surface area is 169 Å². The average molecular weight is 409 g/mol. The van der Waals surface area contributed by atoms with E-state index in [1.54, 1.807) is 17.9 Å². The van der Waals surface area contributed by atoms with Crippen LogP contribution in [0.3, 0.4) is 0 Å². The molecule has 0 amide bonds. The predicted molar refractivity (Wildman–Crippen MR) is 107 cm³/mol. The molecular weight excluding hydrogens is 379 g/mol. The summed E-state index contributed by atoms with van der Waals surface area (Å²) in [6, 6.07) is 5.06.